The third-order valence-corrected chi connectivity index (χ3v) is 5.00. The number of hydrogen-bond acceptors (Lipinski definition) is 1. The standard InChI is InChI=1S/C16H27N2/c1-8-18(7)10-17(6)9-15-13(4)11(2)12(3)14(5)16(15)18/h8-10H2,1-7H3/q+1. The van der Waals surface area contributed by atoms with Gasteiger partial charge < -0.3 is 0 Å². The first-order valence-electron chi connectivity index (χ1n) is 6.94. The molecule has 1 aliphatic rings. The molecule has 2 heteroatoms. The van der Waals surface area contributed by atoms with Gasteiger partial charge in [0.25, 0.3) is 0 Å². The lowest BCUT2D eigenvalue weighted by Gasteiger charge is -2.43. The molecule has 0 N–H and O–H groups in total. The molecule has 0 aromatic heterocycles. The Morgan fingerprint density at radius 1 is 1.00 bits per heavy atom. The fraction of sp³-hybridized carbons (Fsp3) is 0.625. The molecule has 0 saturated carbocycles. The number of nitrogens with zero attached hydrogens (tertiary/aromatic N) is 2. The van der Waals surface area contributed by atoms with E-state index in [1.54, 1.807) is 11.3 Å². The van der Waals surface area contributed by atoms with Crippen LogP contribution in [0.2, 0.25) is 0 Å². The van der Waals surface area contributed by atoms with Crippen molar-refractivity contribution in [1.82, 2.24) is 9.38 Å². The monoisotopic (exact) mass is 247 g/mol. The fourth-order valence-electron chi connectivity index (χ4n) is 3.48. The van der Waals surface area contributed by atoms with Gasteiger partial charge in [-0.1, -0.05) is 0 Å². The van der Waals surface area contributed by atoms with Crippen molar-refractivity contribution in [3.63, 3.8) is 0 Å². The summed E-state index contributed by atoms with van der Waals surface area (Å²) in [6, 6.07) is 0. The van der Waals surface area contributed by atoms with Crippen LogP contribution in [0.4, 0.5) is 5.69 Å². The van der Waals surface area contributed by atoms with Crippen LogP contribution in [-0.4, -0.2) is 32.2 Å². The molecular weight excluding hydrogens is 220 g/mol. The first kappa shape index (κ1) is 13.6. The zero-order chi connectivity index (χ0) is 13.7. The van der Waals surface area contributed by atoms with Gasteiger partial charge in [0, 0.05) is 17.7 Å². The SMILES string of the molecule is CC[N+]1(C)CN(C)Cc2c(C)c(C)c(C)c(C)c21. The summed E-state index contributed by atoms with van der Waals surface area (Å²) in [5.74, 6) is 0. The highest BCUT2D eigenvalue weighted by Crippen LogP contribution is 2.39. The van der Waals surface area contributed by atoms with E-state index in [9.17, 15) is 0 Å². The minimum absolute atomic E-state index is 1.04. The van der Waals surface area contributed by atoms with Gasteiger partial charge in [0.15, 0.2) is 0 Å². The molecule has 0 radical (unpaired) electrons. The van der Waals surface area contributed by atoms with Crippen LogP contribution in [0.5, 0.6) is 0 Å². The molecule has 0 bridgehead atoms. The first-order chi connectivity index (χ1) is 8.31. The number of hydrogen-bond donors (Lipinski definition) is 0. The van der Waals surface area contributed by atoms with Crippen molar-refractivity contribution in [2.45, 2.75) is 41.2 Å². The molecule has 1 heterocycles. The van der Waals surface area contributed by atoms with E-state index in [0.717, 1.165) is 24.2 Å². The Bertz CT molecular complexity index is 491. The summed E-state index contributed by atoms with van der Waals surface area (Å²) in [4.78, 5) is 2.45. The maximum atomic E-state index is 2.45. The second kappa shape index (κ2) is 4.36. The molecule has 100 valence electrons. The Balaban J connectivity index is 2.79. The molecule has 0 spiro atoms. The van der Waals surface area contributed by atoms with E-state index in [2.05, 4.69) is 53.6 Å². The Kier molecular flexibility index (Phi) is 3.28. The zero-order valence-electron chi connectivity index (χ0n) is 13.0. The maximum absolute atomic E-state index is 2.45. The molecule has 0 saturated heterocycles. The van der Waals surface area contributed by atoms with Gasteiger partial charge in [0.1, 0.15) is 12.4 Å². The molecule has 1 unspecified atom stereocenters. The van der Waals surface area contributed by atoms with Gasteiger partial charge in [-0.25, -0.2) is 0 Å². The minimum Gasteiger partial charge on any atom is -0.281 e. The van der Waals surface area contributed by atoms with Crippen molar-refractivity contribution >= 4 is 5.69 Å². The van der Waals surface area contributed by atoms with Crippen LogP contribution in [0.1, 0.15) is 34.7 Å². The van der Waals surface area contributed by atoms with Gasteiger partial charge in [0.05, 0.1) is 13.6 Å². The van der Waals surface area contributed by atoms with Crippen molar-refractivity contribution in [3.05, 3.63) is 27.8 Å². The van der Waals surface area contributed by atoms with E-state index in [0.29, 0.717) is 0 Å². The zero-order valence-corrected chi connectivity index (χ0v) is 13.0. The Morgan fingerprint density at radius 3 is 2.11 bits per heavy atom. The maximum Gasteiger partial charge on any atom is 0.141 e. The summed E-state index contributed by atoms with van der Waals surface area (Å²) in [6.07, 6.45) is 0. The largest absolute Gasteiger partial charge is 0.281 e. The van der Waals surface area contributed by atoms with Gasteiger partial charge in [-0.05, 0) is 58.4 Å². The van der Waals surface area contributed by atoms with E-state index in [1.807, 2.05) is 0 Å². The van der Waals surface area contributed by atoms with Gasteiger partial charge >= 0.3 is 0 Å². The highest BCUT2D eigenvalue weighted by Gasteiger charge is 2.36. The molecule has 2 rings (SSSR count). The normalized spacial score (nSPS) is 24.2. The van der Waals surface area contributed by atoms with E-state index in [4.69, 9.17) is 0 Å². The van der Waals surface area contributed by atoms with E-state index < -0.39 is 0 Å². The van der Waals surface area contributed by atoms with Crippen molar-refractivity contribution < 1.29 is 0 Å². The smallest absolute Gasteiger partial charge is 0.141 e. The van der Waals surface area contributed by atoms with E-state index in [1.165, 1.54) is 22.3 Å². The second-order valence-electron chi connectivity index (χ2n) is 6.19. The topological polar surface area (TPSA) is 3.24 Å². The minimum atomic E-state index is 1.04. The van der Waals surface area contributed by atoms with Crippen molar-refractivity contribution in [2.24, 2.45) is 0 Å². The molecule has 1 aromatic carbocycles. The first-order valence-corrected chi connectivity index (χ1v) is 6.94. The van der Waals surface area contributed by atoms with Crippen molar-refractivity contribution in [3.8, 4) is 0 Å². The lowest BCUT2D eigenvalue weighted by molar-refractivity contribution is 0.161. The molecule has 18 heavy (non-hydrogen) atoms. The molecule has 0 amide bonds. The quantitative estimate of drug-likeness (QED) is 0.688. The summed E-state index contributed by atoms with van der Waals surface area (Å²) in [7, 11) is 4.61. The summed E-state index contributed by atoms with van der Waals surface area (Å²) >= 11 is 0. The highest BCUT2D eigenvalue weighted by molar-refractivity contribution is 5.65. The van der Waals surface area contributed by atoms with Crippen LogP contribution in [0.25, 0.3) is 0 Å². The van der Waals surface area contributed by atoms with E-state index in [-0.39, 0.29) is 0 Å². The van der Waals surface area contributed by atoms with Gasteiger partial charge in [-0.2, -0.15) is 0 Å². The molecule has 1 aliphatic heterocycles. The lowest BCUT2D eigenvalue weighted by atomic mass is 9.89. The number of quaternary nitrogens is 1. The molecule has 0 fully saturated rings. The third kappa shape index (κ3) is 1.79. The van der Waals surface area contributed by atoms with Crippen LogP contribution in [0.15, 0.2) is 0 Å². The molecule has 1 aromatic rings. The summed E-state index contributed by atoms with van der Waals surface area (Å²) in [6.45, 7) is 14.8. The lowest BCUT2D eigenvalue weighted by Crippen LogP contribution is -2.55. The van der Waals surface area contributed by atoms with Gasteiger partial charge in [0.2, 0.25) is 0 Å². The predicted octanol–water partition coefficient (Wildman–Crippen LogP) is 3.28. The van der Waals surface area contributed by atoms with Crippen molar-refractivity contribution in [1.29, 1.82) is 0 Å². The average Bonchev–Trinajstić information content (AvgIpc) is 2.32. The van der Waals surface area contributed by atoms with Crippen LogP contribution in [-0.2, 0) is 6.54 Å². The van der Waals surface area contributed by atoms with Crippen LogP contribution >= 0.6 is 0 Å². The number of fused-ring (bicyclic) bond motifs is 1. The summed E-state index contributed by atoms with van der Waals surface area (Å²) < 4.78 is 1.04. The van der Waals surface area contributed by atoms with Gasteiger partial charge in [-0.15, -0.1) is 0 Å². The predicted molar refractivity (Wildman–Crippen MR) is 80.0 cm³/mol. The molecule has 1 atom stereocenters. The number of benzene rings is 1. The fourth-order valence-corrected chi connectivity index (χ4v) is 3.48. The Labute approximate surface area is 112 Å². The van der Waals surface area contributed by atoms with Gasteiger partial charge in [-0.3, -0.25) is 9.38 Å². The van der Waals surface area contributed by atoms with Crippen LogP contribution in [0.3, 0.4) is 0 Å². The summed E-state index contributed by atoms with van der Waals surface area (Å²) in [5.41, 5.74) is 9.10. The summed E-state index contributed by atoms with van der Waals surface area (Å²) in [5, 5.41) is 0. The van der Waals surface area contributed by atoms with Crippen LogP contribution < -0.4 is 4.48 Å². The molecule has 2 nitrogen and oxygen atoms in total. The number of rotatable bonds is 1. The van der Waals surface area contributed by atoms with Crippen LogP contribution in [0, 0.1) is 27.7 Å². The Hall–Kier alpha value is -0.860. The molecule has 0 aliphatic carbocycles. The van der Waals surface area contributed by atoms with E-state index >= 15 is 0 Å². The average molecular weight is 247 g/mol. The molecular formula is C16H27N2+. The van der Waals surface area contributed by atoms with Crippen molar-refractivity contribution in [2.75, 3.05) is 27.3 Å². The second-order valence-corrected chi connectivity index (χ2v) is 6.19. The third-order valence-electron chi connectivity index (χ3n) is 5.00. The highest BCUT2D eigenvalue weighted by atomic mass is 15.4. The Morgan fingerprint density at radius 2 is 1.56 bits per heavy atom.